The van der Waals surface area contributed by atoms with E-state index in [-0.39, 0.29) is 11.9 Å². The molecule has 0 saturated carbocycles. The number of anilines is 1. The summed E-state index contributed by atoms with van der Waals surface area (Å²) in [5.74, 6) is -0.532. The molecule has 1 aliphatic heterocycles. The summed E-state index contributed by atoms with van der Waals surface area (Å²) in [6.45, 7) is 3.31. The standard InChI is InChI=1S/C18H20N4O2/c1-12-2-4-13(5-3-12)11-22-9-7-16(18(22)24)21-15-6-8-20-10-14(15)17(19)23/h2-6,8,10,16H,7,9,11H2,1H3,(H2,19,23)(H,20,21). The first kappa shape index (κ1) is 16.0. The van der Waals surface area contributed by atoms with Crippen LogP contribution in [0.2, 0.25) is 0 Å². The summed E-state index contributed by atoms with van der Waals surface area (Å²) in [6, 6.07) is 9.48. The van der Waals surface area contributed by atoms with Crippen LogP contribution >= 0.6 is 0 Å². The summed E-state index contributed by atoms with van der Waals surface area (Å²) >= 11 is 0. The van der Waals surface area contributed by atoms with Crippen LogP contribution in [0.3, 0.4) is 0 Å². The quantitative estimate of drug-likeness (QED) is 0.876. The lowest BCUT2D eigenvalue weighted by molar-refractivity contribution is -0.128. The molecule has 3 rings (SSSR count). The molecule has 0 radical (unpaired) electrons. The van der Waals surface area contributed by atoms with E-state index in [1.165, 1.54) is 11.8 Å². The van der Waals surface area contributed by atoms with Gasteiger partial charge in [-0.1, -0.05) is 29.8 Å². The van der Waals surface area contributed by atoms with Crippen LogP contribution < -0.4 is 11.1 Å². The molecule has 24 heavy (non-hydrogen) atoms. The van der Waals surface area contributed by atoms with Gasteiger partial charge in [0.1, 0.15) is 6.04 Å². The molecule has 2 amide bonds. The van der Waals surface area contributed by atoms with E-state index < -0.39 is 5.91 Å². The van der Waals surface area contributed by atoms with Gasteiger partial charge in [0.2, 0.25) is 5.91 Å². The number of likely N-dealkylation sites (tertiary alicyclic amines) is 1. The highest BCUT2D eigenvalue weighted by Crippen LogP contribution is 2.21. The van der Waals surface area contributed by atoms with E-state index in [0.717, 1.165) is 5.56 Å². The fourth-order valence-electron chi connectivity index (χ4n) is 2.85. The lowest BCUT2D eigenvalue weighted by Crippen LogP contribution is -2.33. The largest absolute Gasteiger partial charge is 0.373 e. The van der Waals surface area contributed by atoms with Crippen LogP contribution in [-0.2, 0) is 11.3 Å². The first-order chi connectivity index (χ1) is 11.5. The van der Waals surface area contributed by atoms with Crippen molar-refractivity contribution in [2.24, 2.45) is 5.73 Å². The van der Waals surface area contributed by atoms with Crippen molar-refractivity contribution in [3.8, 4) is 0 Å². The maximum atomic E-state index is 12.6. The van der Waals surface area contributed by atoms with Gasteiger partial charge in [0.15, 0.2) is 0 Å². The summed E-state index contributed by atoms with van der Waals surface area (Å²) in [5.41, 5.74) is 8.50. The molecule has 1 saturated heterocycles. The molecular formula is C18H20N4O2. The van der Waals surface area contributed by atoms with Crippen molar-refractivity contribution < 1.29 is 9.59 Å². The average molecular weight is 324 g/mol. The van der Waals surface area contributed by atoms with E-state index in [4.69, 9.17) is 5.73 Å². The minimum absolute atomic E-state index is 0.0304. The lowest BCUT2D eigenvalue weighted by Gasteiger charge is -2.18. The zero-order chi connectivity index (χ0) is 17.1. The van der Waals surface area contributed by atoms with Gasteiger partial charge >= 0.3 is 0 Å². The average Bonchev–Trinajstić information content (AvgIpc) is 2.90. The van der Waals surface area contributed by atoms with Crippen molar-refractivity contribution in [2.75, 3.05) is 11.9 Å². The molecule has 0 aliphatic carbocycles. The lowest BCUT2D eigenvalue weighted by atomic mass is 10.1. The van der Waals surface area contributed by atoms with Crippen LogP contribution in [0, 0.1) is 6.92 Å². The molecule has 6 heteroatoms. The summed E-state index contributed by atoms with van der Waals surface area (Å²) in [4.78, 5) is 29.8. The van der Waals surface area contributed by atoms with Crippen molar-refractivity contribution in [3.05, 3.63) is 59.4 Å². The molecule has 1 aliphatic rings. The highest BCUT2D eigenvalue weighted by Gasteiger charge is 2.32. The molecule has 1 aromatic heterocycles. The molecule has 1 aromatic carbocycles. The Morgan fingerprint density at radius 2 is 2.08 bits per heavy atom. The maximum absolute atomic E-state index is 12.6. The Morgan fingerprint density at radius 3 is 2.79 bits per heavy atom. The second-order valence-electron chi connectivity index (χ2n) is 6.02. The third kappa shape index (κ3) is 3.37. The molecule has 0 bridgehead atoms. The van der Waals surface area contributed by atoms with Gasteiger partial charge < -0.3 is 16.0 Å². The molecule has 0 spiro atoms. The second-order valence-corrected chi connectivity index (χ2v) is 6.02. The number of nitrogens with one attached hydrogen (secondary N) is 1. The van der Waals surface area contributed by atoms with Crippen LogP contribution in [0.25, 0.3) is 0 Å². The molecule has 1 atom stereocenters. The Kier molecular flexibility index (Phi) is 4.46. The Balaban J connectivity index is 1.68. The summed E-state index contributed by atoms with van der Waals surface area (Å²) in [7, 11) is 0. The number of benzene rings is 1. The van der Waals surface area contributed by atoms with Gasteiger partial charge in [0.25, 0.3) is 5.91 Å². The number of nitrogens with zero attached hydrogens (tertiary/aromatic N) is 2. The molecular weight excluding hydrogens is 304 g/mol. The van der Waals surface area contributed by atoms with Crippen LogP contribution in [0.15, 0.2) is 42.7 Å². The van der Waals surface area contributed by atoms with Crippen LogP contribution in [0.4, 0.5) is 5.69 Å². The predicted molar refractivity (Wildman–Crippen MR) is 91.4 cm³/mol. The number of pyridine rings is 1. The number of nitrogens with two attached hydrogens (primary N) is 1. The second kappa shape index (κ2) is 6.70. The van der Waals surface area contributed by atoms with Gasteiger partial charge in [0.05, 0.1) is 11.3 Å². The summed E-state index contributed by atoms with van der Waals surface area (Å²) < 4.78 is 0. The Bertz CT molecular complexity index is 758. The molecule has 6 nitrogen and oxygen atoms in total. The predicted octanol–water partition coefficient (Wildman–Crippen LogP) is 1.70. The highest BCUT2D eigenvalue weighted by molar-refractivity contribution is 5.99. The number of carbonyl (C=O) groups excluding carboxylic acids is 2. The van der Waals surface area contributed by atoms with Crippen molar-refractivity contribution in [2.45, 2.75) is 25.9 Å². The number of aryl methyl sites for hydroxylation is 1. The highest BCUT2D eigenvalue weighted by atomic mass is 16.2. The topological polar surface area (TPSA) is 88.3 Å². The Labute approximate surface area is 140 Å². The van der Waals surface area contributed by atoms with E-state index in [0.29, 0.717) is 30.8 Å². The zero-order valence-electron chi connectivity index (χ0n) is 13.5. The van der Waals surface area contributed by atoms with Crippen molar-refractivity contribution in [3.63, 3.8) is 0 Å². The number of hydrogen-bond acceptors (Lipinski definition) is 4. The number of carbonyl (C=O) groups is 2. The SMILES string of the molecule is Cc1ccc(CN2CCC(Nc3ccncc3C(N)=O)C2=O)cc1. The number of hydrogen-bond donors (Lipinski definition) is 2. The molecule has 3 N–H and O–H groups in total. The van der Waals surface area contributed by atoms with E-state index >= 15 is 0 Å². The first-order valence-corrected chi connectivity index (χ1v) is 7.89. The van der Waals surface area contributed by atoms with E-state index in [1.807, 2.05) is 36.1 Å². The van der Waals surface area contributed by atoms with Crippen LogP contribution in [0.1, 0.15) is 27.9 Å². The smallest absolute Gasteiger partial charge is 0.252 e. The number of rotatable bonds is 5. The van der Waals surface area contributed by atoms with Gasteiger partial charge in [-0.05, 0) is 25.0 Å². The van der Waals surface area contributed by atoms with E-state index in [9.17, 15) is 9.59 Å². The van der Waals surface area contributed by atoms with Crippen molar-refractivity contribution in [1.82, 2.24) is 9.88 Å². The number of amides is 2. The third-order valence-electron chi connectivity index (χ3n) is 4.21. The Morgan fingerprint density at radius 1 is 1.33 bits per heavy atom. The molecule has 1 fully saturated rings. The third-order valence-corrected chi connectivity index (χ3v) is 4.21. The molecule has 124 valence electrons. The van der Waals surface area contributed by atoms with Gasteiger partial charge in [-0.15, -0.1) is 0 Å². The minimum atomic E-state index is -0.562. The van der Waals surface area contributed by atoms with Crippen LogP contribution in [-0.4, -0.2) is 34.3 Å². The summed E-state index contributed by atoms with van der Waals surface area (Å²) in [6.07, 6.45) is 3.66. The molecule has 1 unspecified atom stereocenters. The van der Waals surface area contributed by atoms with Gasteiger partial charge in [-0.3, -0.25) is 14.6 Å². The van der Waals surface area contributed by atoms with Crippen LogP contribution in [0.5, 0.6) is 0 Å². The number of aromatic nitrogens is 1. The monoisotopic (exact) mass is 324 g/mol. The van der Waals surface area contributed by atoms with E-state index in [1.54, 1.807) is 12.3 Å². The van der Waals surface area contributed by atoms with E-state index in [2.05, 4.69) is 10.3 Å². The van der Waals surface area contributed by atoms with Gasteiger partial charge in [-0.25, -0.2) is 0 Å². The molecule has 2 aromatic rings. The fourth-order valence-corrected chi connectivity index (χ4v) is 2.85. The minimum Gasteiger partial charge on any atom is -0.373 e. The molecule has 2 heterocycles. The first-order valence-electron chi connectivity index (χ1n) is 7.89. The van der Waals surface area contributed by atoms with Crippen molar-refractivity contribution >= 4 is 17.5 Å². The van der Waals surface area contributed by atoms with Gasteiger partial charge in [-0.2, -0.15) is 0 Å². The zero-order valence-corrected chi connectivity index (χ0v) is 13.5. The maximum Gasteiger partial charge on any atom is 0.252 e. The number of primary amides is 1. The summed E-state index contributed by atoms with van der Waals surface area (Å²) in [5, 5.41) is 3.13. The normalized spacial score (nSPS) is 17.1. The van der Waals surface area contributed by atoms with Crippen molar-refractivity contribution in [1.29, 1.82) is 0 Å². The van der Waals surface area contributed by atoms with Gasteiger partial charge in [0, 0.05) is 25.5 Å². The fraction of sp³-hybridized carbons (Fsp3) is 0.278. The Hall–Kier alpha value is -2.89.